The van der Waals surface area contributed by atoms with Crippen LogP contribution in [0, 0.1) is 17.2 Å². The van der Waals surface area contributed by atoms with Crippen molar-refractivity contribution in [2.24, 2.45) is 5.92 Å². The number of H-pyrrole nitrogens is 2. The number of aromatic nitrogens is 3. The van der Waals surface area contributed by atoms with E-state index in [4.69, 9.17) is 0 Å². The number of benzene rings is 2. The number of carbonyl (C=O) groups excluding carboxylic acids is 2. The highest BCUT2D eigenvalue weighted by Crippen LogP contribution is 2.28. The fraction of sp³-hybridized carbons (Fsp3) is 0.174. The minimum atomic E-state index is -0.757. The molecule has 10 heteroatoms. The van der Waals surface area contributed by atoms with Gasteiger partial charge in [0.15, 0.2) is 5.82 Å². The third-order valence-electron chi connectivity index (χ3n) is 5.31. The molecule has 0 spiro atoms. The van der Waals surface area contributed by atoms with E-state index in [-0.39, 0.29) is 23.3 Å². The standard InChI is InChI=1S/C23H20N6O4/c1-3-12(2)21(30)27-17-6-4-5-14-10-18(25-19(14)17)22(31)26-16-8-7-13(11-24)9-15(16)20-28-23(32)33-29-20/h4-10,12,25H,3H2,1-2H3,(H,26,31)(H,27,30)(H,28,29,32). The van der Waals surface area contributed by atoms with E-state index in [0.717, 1.165) is 5.39 Å². The normalized spacial score (nSPS) is 11.7. The Bertz CT molecular complexity index is 1460. The molecule has 0 aliphatic heterocycles. The Hall–Kier alpha value is -4.65. The number of amides is 2. The van der Waals surface area contributed by atoms with E-state index >= 15 is 0 Å². The van der Waals surface area contributed by atoms with Crippen molar-refractivity contribution >= 4 is 34.1 Å². The summed E-state index contributed by atoms with van der Waals surface area (Å²) < 4.78 is 4.55. The zero-order valence-corrected chi connectivity index (χ0v) is 17.9. The summed E-state index contributed by atoms with van der Waals surface area (Å²) in [5.74, 6) is -1.38. The Morgan fingerprint density at radius 2 is 1.97 bits per heavy atom. The maximum Gasteiger partial charge on any atom is 0.439 e. The molecule has 33 heavy (non-hydrogen) atoms. The molecule has 0 saturated carbocycles. The number of nitrogens with one attached hydrogen (secondary N) is 4. The first kappa shape index (κ1) is 21.6. The molecule has 4 N–H and O–H groups in total. The van der Waals surface area contributed by atoms with Crippen LogP contribution in [0.2, 0.25) is 0 Å². The van der Waals surface area contributed by atoms with Crippen LogP contribution in [0.25, 0.3) is 22.3 Å². The SMILES string of the molecule is CCC(C)C(=O)Nc1cccc2cc(C(=O)Nc3ccc(C#N)cc3-c3noc(=O)[nH]3)[nH]c12. The molecular weight excluding hydrogens is 424 g/mol. The summed E-state index contributed by atoms with van der Waals surface area (Å²) in [7, 11) is 0. The van der Waals surface area contributed by atoms with Crippen molar-refractivity contribution in [2.75, 3.05) is 10.6 Å². The number of carbonyl (C=O) groups is 2. The number of anilines is 2. The summed E-state index contributed by atoms with van der Waals surface area (Å²) in [6, 6.07) is 13.6. The lowest BCUT2D eigenvalue weighted by Crippen LogP contribution is -2.19. The smallest absolute Gasteiger partial charge is 0.349 e. The lowest BCUT2D eigenvalue weighted by Gasteiger charge is -2.11. The van der Waals surface area contributed by atoms with Gasteiger partial charge in [-0.05, 0) is 36.8 Å². The van der Waals surface area contributed by atoms with Gasteiger partial charge in [-0.25, -0.2) is 4.79 Å². The molecule has 2 heterocycles. The molecule has 2 aromatic carbocycles. The minimum absolute atomic E-state index is 0.0825. The van der Waals surface area contributed by atoms with Crippen LogP contribution >= 0.6 is 0 Å². The van der Waals surface area contributed by atoms with Crippen LogP contribution in [0.4, 0.5) is 11.4 Å². The van der Waals surface area contributed by atoms with Gasteiger partial charge in [-0.3, -0.25) is 19.1 Å². The fourth-order valence-corrected chi connectivity index (χ4v) is 3.28. The second-order valence-electron chi connectivity index (χ2n) is 7.52. The van der Waals surface area contributed by atoms with Crippen molar-refractivity contribution in [1.29, 1.82) is 5.26 Å². The molecule has 1 atom stereocenters. The van der Waals surface area contributed by atoms with Crippen molar-refractivity contribution in [3.63, 3.8) is 0 Å². The van der Waals surface area contributed by atoms with Gasteiger partial charge in [0, 0.05) is 16.9 Å². The highest BCUT2D eigenvalue weighted by atomic mass is 16.5. The minimum Gasteiger partial charge on any atom is -0.349 e. The van der Waals surface area contributed by atoms with Crippen LogP contribution in [0.3, 0.4) is 0 Å². The number of rotatable bonds is 6. The topological polar surface area (TPSA) is 157 Å². The number of hydrogen-bond donors (Lipinski definition) is 4. The Balaban J connectivity index is 1.65. The quantitative estimate of drug-likeness (QED) is 0.356. The third kappa shape index (κ3) is 4.38. The van der Waals surface area contributed by atoms with Crippen LogP contribution in [-0.4, -0.2) is 26.9 Å². The number of hydrogen-bond acceptors (Lipinski definition) is 6. The third-order valence-corrected chi connectivity index (χ3v) is 5.31. The van der Waals surface area contributed by atoms with Gasteiger partial charge >= 0.3 is 5.76 Å². The Morgan fingerprint density at radius 1 is 1.15 bits per heavy atom. The van der Waals surface area contributed by atoms with Gasteiger partial charge in [0.05, 0.1) is 28.5 Å². The molecule has 0 saturated heterocycles. The second-order valence-corrected chi connectivity index (χ2v) is 7.52. The van der Waals surface area contributed by atoms with Gasteiger partial charge in [-0.2, -0.15) is 5.26 Å². The van der Waals surface area contributed by atoms with E-state index in [1.165, 1.54) is 12.1 Å². The number of nitrogens with zero attached hydrogens (tertiary/aromatic N) is 2. The van der Waals surface area contributed by atoms with Crippen LogP contribution in [0.5, 0.6) is 0 Å². The maximum absolute atomic E-state index is 13.0. The average Bonchev–Trinajstić information content (AvgIpc) is 3.45. The second kappa shape index (κ2) is 8.84. The predicted molar refractivity (Wildman–Crippen MR) is 122 cm³/mol. The van der Waals surface area contributed by atoms with E-state index in [1.54, 1.807) is 24.3 Å². The highest BCUT2D eigenvalue weighted by Gasteiger charge is 2.18. The Labute approximate surface area is 187 Å². The molecule has 166 valence electrons. The zero-order valence-electron chi connectivity index (χ0n) is 17.9. The van der Waals surface area contributed by atoms with Crippen molar-refractivity contribution in [3.8, 4) is 17.5 Å². The molecule has 2 amide bonds. The summed E-state index contributed by atoms with van der Waals surface area (Å²) in [6.07, 6.45) is 0.712. The van der Waals surface area contributed by atoms with Gasteiger partial charge < -0.3 is 15.6 Å². The predicted octanol–water partition coefficient (Wildman–Crippen LogP) is 3.62. The first-order valence-electron chi connectivity index (χ1n) is 10.2. The Kier molecular flexibility index (Phi) is 5.78. The molecule has 0 fully saturated rings. The molecular formula is C23H20N6O4. The molecule has 0 aliphatic carbocycles. The highest BCUT2D eigenvalue weighted by molar-refractivity contribution is 6.09. The average molecular weight is 444 g/mol. The Morgan fingerprint density at radius 3 is 2.67 bits per heavy atom. The molecule has 10 nitrogen and oxygen atoms in total. The van der Waals surface area contributed by atoms with E-state index < -0.39 is 11.7 Å². The van der Waals surface area contributed by atoms with E-state index in [0.29, 0.717) is 34.4 Å². The first-order chi connectivity index (χ1) is 15.9. The molecule has 0 radical (unpaired) electrons. The summed E-state index contributed by atoms with van der Waals surface area (Å²) in [4.78, 5) is 42.2. The molecule has 2 aromatic heterocycles. The van der Waals surface area contributed by atoms with Crippen molar-refractivity contribution < 1.29 is 14.1 Å². The van der Waals surface area contributed by atoms with Crippen molar-refractivity contribution in [1.82, 2.24) is 15.1 Å². The number of aromatic amines is 2. The van der Waals surface area contributed by atoms with E-state index in [9.17, 15) is 19.6 Å². The van der Waals surface area contributed by atoms with E-state index in [2.05, 4.69) is 30.3 Å². The number of fused-ring (bicyclic) bond motifs is 1. The van der Waals surface area contributed by atoms with Gasteiger partial charge in [-0.1, -0.05) is 31.1 Å². The van der Waals surface area contributed by atoms with Crippen LogP contribution in [0.15, 0.2) is 51.8 Å². The van der Waals surface area contributed by atoms with Gasteiger partial charge in [0.1, 0.15) is 5.69 Å². The van der Waals surface area contributed by atoms with Crippen LogP contribution in [0.1, 0.15) is 36.3 Å². The summed E-state index contributed by atoms with van der Waals surface area (Å²) in [6.45, 7) is 3.79. The molecule has 0 bridgehead atoms. The molecule has 1 unspecified atom stereocenters. The molecule has 4 rings (SSSR count). The molecule has 4 aromatic rings. The monoisotopic (exact) mass is 444 g/mol. The van der Waals surface area contributed by atoms with Gasteiger partial charge in [0.25, 0.3) is 5.91 Å². The fourth-order valence-electron chi connectivity index (χ4n) is 3.28. The van der Waals surface area contributed by atoms with Crippen LogP contribution in [-0.2, 0) is 4.79 Å². The van der Waals surface area contributed by atoms with Crippen LogP contribution < -0.4 is 16.4 Å². The lowest BCUT2D eigenvalue weighted by molar-refractivity contribution is -0.119. The van der Waals surface area contributed by atoms with Gasteiger partial charge in [0.2, 0.25) is 5.91 Å². The summed E-state index contributed by atoms with van der Waals surface area (Å²) in [5, 5.41) is 19.3. The zero-order chi connectivity index (χ0) is 23.5. The maximum atomic E-state index is 13.0. The number of nitriles is 1. The van der Waals surface area contributed by atoms with Crippen molar-refractivity contribution in [2.45, 2.75) is 20.3 Å². The number of para-hydroxylation sites is 1. The summed E-state index contributed by atoms with van der Waals surface area (Å²) in [5.41, 5.74) is 2.44. The largest absolute Gasteiger partial charge is 0.439 e. The first-order valence-corrected chi connectivity index (χ1v) is 10.2. The molecule has 0 aliphatic rings. The van der Waals surface area contributed by atoms with Gasteiger partial charge in [-0.15, -0.1) is 0 Å². The lowest BCUT2D eigenvalue weighted by atomic mass is 10.1. The summed E-state index contributed by atoms with van der Waals surface area (Å²) >= 11 is 0. The van der Waals surface area contributed by atoms with E-state index in [1.807, 2.05) is 26.0 Å². The van der Waals surface area contributed by atoms with Crippen molar-refractivity contribution in [3.05, 3.63) is 64.3 Å².